The molecule has 1 aromatic carbocycles. The topological polar surface area (TPSA) is 78.9 Å². The second kappa shape index (κ2) is 6.18. The highest BCUT2D eigenvalue weighted by molar-refractivity contribution is 5.94. The Labute approximate surface area is 108 Å². The standard InChI is InChI=1S/C14H19N3O/c1-14(2,9-16)10-17-13(18)12-5-3-11(4-6-12)7-8-15/h3-6H,7-8,10,15H2,1-2H3,(H,17,18). The molecule has 0 heterocycles. The molecule has 0 bridgehead atoms. The van der Waals surface area contributed by atoms with E-state index in [9.17, 15) is 4.79 Å². The van der Waals surface area contributed by atoms with Crippen molar-refractivity contribution in [3.8, 4) is 6.07 Å². The zero-order valence-electron chi connectivity index (χ0n) is 10.9. The van der Waals surface area contributed by atoms with E-state index in [0.29, 0.717) is 18.7 Å². The van der Waals surface area contributed by atoms with Crippen molar-refractivity contribution < 1.29 is 4.79 Å². The number of amides is 1. The number of benzene rings is 1. The molecule has 96 valence electrons. The molecule has 1 amide bonds. The fourth-order valence-electron chi connectivity index (χ4n) is 1.43. The summed E-state index contributed by atoms with van der Waals surface area (Å²) in [5, 5.41) is 11.6. The van der Waals surface area contributed by atoms with Crippen molar-refractivity contribution in [2.45, 2.75) is 20.3 Å². The molecule has 0 aliphatic carbocycles. The molecule has 4 nitrogen and oxygen atoms in total. The minimum Gasteiger partial charge on any atom is -0.350 e. The summed E-state index contributed by atoms with van der Waals surface area (Å²) < 4.78 is 0. The molecule has 0 saturated heterocycles. The van der Waals surface area contributed by atoms with Gasteiger partial charge in [-0.3, -0.25) is 4.79 Å². The van der Waals surface area contributed by atoms with Gasteiger partial charge in [0.15, 0.2) is 0 Å². The Balaban J connectivity index is 2.60. The highest BCUT2D eigenvalue weighted by atomic mass is 16.1. The molecule has 18 heavy (non-hydrogen) atoms. The van der Waals surface area contributed by atoms with Gasteiger partial charge in [0.1, 0.15) is 0 Å². The summed E-state index contributed by atoms with van der Waals surface area (Å²) in [4.78, 5) is 11.8. The second-order valence-corrected chi connectivity index (χ2v) is 4.91. The number of carbonyl (C=O) groups excluding carboxylic acids is 1. The Kier molecular flexibility index (Phi) is 4.87. The van der Waals surface area contributed by atoms with Crippen LogP contribution in [0.2, 0.25) is 0 Å². The van der Waals surface area contributed by atoms with Crippen LogP contribution in [0, 0.1) is 16.7 Å². The van der Waals surface area contributed by atoms with Crippen LogP contribution in [0.5, 0.6) is 0 Å². The lowest BCUT2D eigenvalue weighted by atomic mass is 9.96. The Morgan fingerprint density at radius 1 is 1.39 bits per heavy atom. The van der Waals surface area contributed by atoms with E-state index in [1.54, 1.807) is 26.0 Å². The SMILES string of the molecule is CC(C)(C#N)CNC(=O)c1ccc(CCN)cc1. The molecule has 1 rings (SSSR count). The van der Waals surface area contributed by atoms with Crippen LogP contribution < -0.4 is 11.1 Å². The summed E-state index contributed by atoms with van der Waals surface area (Å²) in [6, 6.07) is 9.50. The molecule has 0 atom stereocenters. The van der Waals surface area contributed by atoms with Crippen LogP contribution in [0.25, 0.3) is 0 Å². The zero-order valence-corrected chi connectivity index (χ0v) is 10.9. The molecule has 0 aliphatic heterocycles. The molecular weight excluding hydrogens is 226 g/mol. The summed E-state index contributed by atoms with van der Waals surface area (Å²) in [5.41, 5.74) is 6.63. The van der Waals surface area contributed by atoms with Crippen LogP contribution >= 0.6 is 0 Å². The summed E-state index contributed by atoms with van der Waals surface area (Å²) >= 11 is 0. The Bertz CT molecular complexity index is 443. The number of carbonyl (C=O) groups is 1. The molecule has 0 aliphatic rings. The van der Waals surface area contributed by atoms with Crippen LogP contribution in [0.4, 0.5) is 0 Å². The van der Waals surface area contributed by atoms with Crippen molar-refractivity contribution in [1.82, 2.24) is 5.32 Å². The van der Waals surface area contributed by atoms with E-state index < -0.39 is 5.41 Å². The monoisotopic (exact) mass is 245 g/mol. The molecule has 0 radical (unpaired) electrons. The molecule has 1 aromatic rings. The predicted molar refractivity (Wildman–Crippen MR) is 70.9 cm³/mol. The minimum absolute atomic E-state index is 0.155. The normalized spacial score (nSPS) is 10.8. The molecule has 0 spiro atoms. The summed E-state index contributed by atoms with van der Waals surface area (Å²) in [5.74, 6) is -0.155. The lowest BCUT2D eigenvalue weighted by Gasteiger charge is -2.15. The van der Waals surface area contributed by atoms with E-state index in [1.165, 1.54) is 0 Å². The maximum atomic E-state index is 11.8. The van der Waals surface area contributed by atoms with Crippen LogP contribution in [-0.2, 0) is 6.42 Å². The smallest absolute Gasteiger partial charge is 0.251 e. The van der Waals surface area contributed by atoms with Crippen molar-refractivity contribution in [3.05, 3.63) is 35.4 Å². The van der Waals surface area contributed by atoms with E-state index in [-0.39, 0.29) is 5.91 Å². The van der Waals surface area contributed by atoms with E-state index >= 15 is 0 Å². The quantitative estimate of drug-likeness (QED) is 0.824. The van der Waals surface area contributed by atoms with Gasteiger partial charge in [-0.1, -0.05) is 12.1 Å². The molecule has 0 fully saturated rings. The lowest BCUT2D eigenvalue weighted by Crippen LogP contribution is -2.33. The number of nitrogens with zero attached hydrogens (tertiary/aromatic N) is 1. The predicted octanol–water partition coefficient (Wildman–Crippen LogP) is 1.47. The van der Waals surface area contributed by atoms with Crippen molar-refractivity contribution in [2.75, 3.05) is 13.1 Å². The highest BCUT2D eigenvalue weighted by Crippen LogP contribution is 2.11. The maximum absolute atomic E-state index is 11.8. The number of nitriles is 1. The van der Waals surface area contributed by atoms with E-state index in [2.05, 4.69) is 11.4 Å². The fourth-order valence-corrected chi connectivity index (χ4v) is 1.43. The van der Waals surface area contributed by atoms with Crippen molar-refractivity contribution in [2.24, 2.45) is 11.1 Å². The number of hydrogen-bond donors (Lipinski definition) is 2. The van der Waals surface area contributed by atoms with Crippen molar-refractivity contribution in [3.63, 3.8) is 0 Å². The first-order valence-corrected chi connectivity index (χ1v) is 5.97. The number of nitrogens with one attached hydrogen (secondary N) is 1. The van der Waals surface area contributed by atoms with Gasteiger partial charge in [-0.2, -0.15) is 5.26 Å². The maximum Gasteiger partial charge on any atom is 0.251 e. The summed E-state index contributed by atoms with van der Waals surface area (Å²) in [6.45, 7) is 4.52. The van der Waals surface area contributed by atoms with Crippen molar-refractivity contribution in [1.29, 1.82) is 5.26 Å². The van der Waals surface area contributed by atoms with Gasteiger partial charge in [-0.15, -0.1) is 0 Å². The van der Waals surface area contributed by atoms with Crippen LogP contribution in [-0.4, -0.2) is 19.0 Å². The first kappa shape index (κ1) is 14.2. The fraction of sp³-hybridized carbons (Fsp3) is 0.429. The van der Waals surface area contributed by atoms with Gasteiger partial charge in [0.25, 0.3) is 5.91 Å². The number of rotatable bonds is 5. The lowest BCUT2D eigenvalue weighted by molar-refractivity contribution is 0.0943. The van der Waals surface area contributed by atoms with Gasteiger partial charge in [0, 0.05) is 12.1 Å². The Hall–Kier alpha value is -1.86. The average Bonchev–Trinajstić information content (AvgIpc) is 2.37. The third-order valence-corrected chi connectivity index (χ3v) is 2.64. The van der Waals surface area contributed by atoms with Crippen LogP contribution in [0.3, 0.4) is 0 Å². The second-order valence-electron chi connectivity index (χ2n) is 4.91. The molecule has 4 heteroatoms. The Morgan fingerprint density at radius 3 is 2.50 bits per heavy atom. The summed E-state index contributed by atoms with van der Waals surface area (Å²) in [6.07, 6.45) is 0.809. The van der Waals surface area contributed by atoms with Crippen LogP contribution in [0.15, 0.2) is 24.3 Å². The summed E-state index contributed by atoms with van der Waals surface area (Å²) in [7, 11) is 0. The first-order valence-electron chi connectivity index (χ1n) is 5.97. The van der Waals surface area contributed by atoms with Gasteiger partial charge in [-0.25, -0.2) is 0 Å². The first-order chi connectivity index (χ1) is 8.48. The van der Waals surface area contributed by atoms with Gasteiger partial charge in [0.05, 0.1) is 11.5 Å². The van der Waals surface area contributed by atoms with E-state index in [1.807, 2.05) is 12.1 Å². The van der Waals surface area contributed by atoms with Gasteiger partial charge in [0.2, 0.25) is 0 Å². The zero-order chi connectivity index (χ0) is 13.6. The van der Waals surface area contributed by atoms with Gasteiger partial charge >= 0.3 is 0 Å². The minimum atomic E-state index is -0.546. The third kappa shape index (κ3) is 4.19. The Morgan fingerprint density at radius 2 is 2.00 bits per heavy atom. The van der Waals surface area contributed by atoms with Crippen LogP contribution in [0.1, 0.15) is 29.8 Å². The van der Waals surface area contributed by atoms with E-state index in [4.69, 9.17) is 11.0 Å². The molecule has 0 aromatic heterocycles. The number of nitrogens with two attached hydrogens (primary N) is 1. The molecular formula is C14H19N3O. The van der Waals surface area contributed by atoms with Crippen molar-refractivity contribution >= 4 is 5.91 Å². The van der Waals surface area contributed by atoms with E-state index in [0.717, 1.165) is 12.0 Å². The largest absolute Gasteiger partial charge is 0.350 e. The third-order valence-electron chi connectivity index (χ3n) is 2.64. The number of hydrogen-bond acceptors (Lipinski definition) is 3. The highest BCUT2D eigenvalue weighted by Gasteiger charge is 2.17. The molecule has 0 saturated carbocycles. The van der Waals surface area contributed by atoms with Gasteiger partial charge in [-0.05, 0) is 44.5 Å². The average molecular weight is 245 g/mol. The molecule has 3 N–H and O–H groups in total. The molecule has 0 unspecified atom stereocenters. The van der Waals surface area contributed by atoms with Gasteiger partial charge < -0.3 is 11.1 Å².